The number of ether oxygens (including phenoxy) is 1. The molecule has 164 valence electrons. The number of carboxylic acid groups (broad SMARTS) is 1. The molecule has 0 radical (unpaired) electrons. The number of carbonyl (C=O) groups is 1. The molecule has 0 bridgehead atoms. The van der Waals surface area contributed by atoms with Crippen molar-refractivity contribution in [2.45, 2.75) is 13.0 Å². The van der Waals surface area contributed by atoms with E-state index in [0.29, 0.717) is 16.9 Å². The summed E-state index contributed by atoms with van der Waals surface area (Å²) < 4.78 is 33.8. The van der Waals surface area contributed by atoms with Gasteiger partial charge in [0.05, 0.1) is 12.6 Å². The molecule has 0 fully saturated rings. The zero-order chi connectivity index (χ0) is 22.7. The highest BCUT2D eigenvalue weighted by Crippen LogP contribution is 2.37. The van der Waals surface area contributed by atoms with Crippen LogP contribution >= 0.6 is 0 Å². The van der Waals surface area contributed by atoms with Crippen molar-refractivity contribution in [1.29, 1.82) is 0 Å². The number of benzene rings is 3. The van der Waals surface area contributed by atoms with Crippen LogP contribution in [0.5, 0.6) is 5.75 Å². The van der Waals surface area contributed by atoms with E-state index in [1.54, 1.807) is 42.5 Å². The Bertz CT molecular complexity index is 1270. The molecule has 3 N–H and O–H groups in total. The zero-order valence-corrected chi connectivity index (χ0v) is 17.6. The molecule has 3 aromatic rings. The average Bonchev–Trinajstić information content (AvgIpc) is 3.05. The number of aliphatic hydroxyl groups excluding tert-OH is 1. The molecule has 1 aliphatic rings. The molecular formula is C23H20N2O6S. The molecule has 32 heavy (non-hydrogen) atoms. The van der Waals surface area contributed by atoms with Crippen molar-refractivity contribution in [3.05, 3.63) is 96.0 Å². The number of anilines is 1. The minimum Gasteiger partial charge on any atom is -0.493 e. The predicted molar refractivity (Wildman–Crippen MR) is 119 cm³/mol. The van der Waals surface area contributed by atoms with Crippen LogP contribution < -0.4 is 13.8 Å². The van der Waals surface area contributed by atoms with Gasteiger partial charge in [0.15, 0.2) is 0 Å². The standard InChI is InChI=1S/C23H20N2O6S/c26-22-14-25(32(29,30)24-22)20-13-19(18-8-6-16(7-9-18)12-23(27)28)10-11-21(20)31-15-17-4-2-1-3-5-17/h1-11,13-14,24,26H,12,15H2,(H,27,28). The summed E-state index contributed by atoms with van der Waals surface area (Å²) in [4.78, 5) is 10.9. The Morgan fingerprint density at radius 1 is 0.938 bits per heavy atom. The van der Waals surface area contributed by atoms with Gasteiger partial charge in [-0.1, -0.05) is 60.7 Å². The topological polar surface area (TPSA) is 116 Å². The maximum Gasteiger partial charge on any atom is 0.330 e. The van der Waals surface area contributed by atoms with Gasteiger partial charge in [-0.3, -0.25) is 4.79 Å². The molecule has 0 spiro atoms. The summed E-state index contributed by atoms with van der Waals surface area (Å²) in [7, 11) is -4.02. The Morgan fingerprint density at radius 2 is 1.62 bits per heavy atom. The highest BCUT2D eigenvalue weighted by atomic mass is 32.2. The van der Waals surface area contributed by atoms with Gasteiger partial charge >= 0.3 is 16.2 Å². The lowest BCUT2D eigenvalue weighted by molar-refractivity contribution is -0.136. The third-order valence-electron chi connectivity index (χ3n) is 4.81. The number of aliphatic hydroxyl groups is 1. The predicted octanol–water partition coefficient (Wildman–Crippen LogP) is 3.57. The van der Waals surface area contributed by atoms with Crippen molar-refractivity contribution in [3.8, 4) is 16.9 Å². The fourth-order valence-corrected chi connectivity index (χ4v) is 4.36. The van der Waals surface area contributed by atoms with Crippen LogP contribution in [-0.2, 0) is 28.0 Å². The van der Waals surface area contributed by atoms with Gasteiger partial charge in [-0.25, -0.2) is 9.03 Å². The zero-order valence-electron chi connectivity index (χ0n) is 16.8. The second-order valence-electron chi connectivity index (χ2n) is 7.14. The Hall–Kier alpha value is -3.98. The lowest BCUT2D eigenvalue weighted by Crippen LogP contribution is -2.30. The van der Waals surface area contributed by atoms with Crippen LogP contribution in [0, 0.1) is 0 Å². The van der Waals surface area contributed by atoms with E-state index < -0.39 is 22.1 Å². The summed E-state index contributed by atoms with van der Waals surface area (Å²) in [6.07, 6.45) is 0.985. The summed E-state index contributed by atoms with van der Waals surface area (Å²) in [6.45, 7) is 0.230. The molecule has 1 heterocycles. The van der Waals surface area contributed by atoms with Crippen LogP contribution in [0.2, 0.25) is 0 Å². The van der Waals surface area contributed by atoms with Gasteiger partial charge in [0.25, 0.3) is 0 Å². The van der Waals surface area contributed by atoms with Crippen molar-refractivity contribution in [3.63, 3.8) is 0 Å². The summed E-state index contributed by atoms with van der Waals surface area (Å²) in [5.41, 5.74) is 3.27. The molecule has 0 atom stereocenters. The number of nitrogens with zero attached hydrogens (tertiary/aromatic N) is 1. The Balaban J connectivity index is 1.70. The molecular weight excluding hydrogens is 432 g/mol. The molecule has 4 rings (SSSR count). The number of carboxylic acids is 1. The van der Waals surface area contributed by atoms with Crippen LogP contribution in [0.1, 0.15) is 11.1 Å². The van der Waals surface area contributed by atoms with Gasteiger partial charge in [0.1, 0.15) is 18.0 Å². The third-order valence-corrected chi connectivity index (χ3v) is 6.10. The van der Waals surface area contributed by atoms with Gasteiger partial charge < -0.3 is 14.9 Å². The lowest BCUT2D eigenvalue weighted by Gasteiger charge is -2.19. The first-order chi connectivity index (χ1) is 15.3. The van der Waals surface area contributed by atoms with Crippen molar-refractivity contribution >= 4 is 21.9 Å². The summed E-state index contributed by atoms with van der Waals surface area (Å²) in [5, 5.41) is 18.7. The molecule has 0 aliphatic carbocycles. The molecule has 0 saturated heterocycles. The van der Waals surface area contributed by atoms with Crippen LogP contribution in [0.4, 0.5) is 5.69 Å². The third kappa shape index (κ3) is 4.68. The van der Waals surface area contributed by atoms with Crippen LogP contribution in [0.3, 0.4) is 0 Å². The quantitative estimate of drug-likeness (QED) is 0.505. The van der Waals surface area contributed by atoms with Crippen molar-refractivity contribution in [2.24, 2.45) is 0 Å². The summed E-state index contributed by atoms with van der Waals surface area (Å²) in [6, 6.07) is 21.5. The van der Waals surface area contributed by atoms with E-state index in [9.17, 15) is 18.3 Å². The minimum atomic E-state index is -4.02. The normalized spacial score (nSPS) is 14.5. The maximum absolute atomic E-state index is 12.5. The van der Waals surface area contributed by atoms with E-state index in [1.165, 1.54) is 0 Å². The van der Waals surface area contributed by atoms with Crippen molar-refractivity contribution in [1.82, 2.24) is 4.72 Å². The van der Waals surface area contributed by atoms with Gasteiger partial charge in [0.2, 0.25) is 5.88 Å². The first-order valence-corrected chi connectivity index (χ1v) is 11.1. The number of rotatable bonds is 7. The van der Waals surface area contributed by atoms with E-state index in [0.717, 1.165) is 21.6 Å². The van der Waals surface area contributed by atoms with Crippen LogP contribution in [0.25, 0.3) is 11.1 Å². The van der Waals surface area contributed by atoms with E-state index in [4.69, 9.17) is 9.84 Å². The molecule has 9 heteroatoms. The first-order valence-electron chi connectivity index (χ1n) is 9.67. The van der Waals surface area contributed by atoms with Crippen molar-refractivity contribution in [2.75, 3.05) is 4.31 Å². The molecule has 1 aliphatic heterocycles. The molecule has 8 nitrogen and oxygen atoms in total. The second kappa shape index (κ2) is 8.64. The highest BCUT2D eigenvalue weighted by Gasteiger charge is 2.31. The fraction of sp³-hybridized carbons (Fsp3) is 0.0870. The van der Waals surface area contributed by atoms with Gasteiger partial charge in [-0.05, 0) is 34.4 Å². The van der Waals surface area contributed by atoms with E-state index >= 15 is 0 Å². The molecule has 0 saturated carbocycles. The Labute approximate surface area is 185 Å². The van der Waals surface area contributed by atoms with Crippen LogP contribution in [0.15, 0.2) is 84.9 Å². The largest absolute Gasteiger partial charge is 0.493 e. The maximum atomic E-state index is 12.5. The van der Waals surface area contributed by atoms with E-state index in [1.807, 2.05) is 35.1 Å². The summed E-state index contributed by atoms with van der Waals surface area (Å²) >= 11 is 0. The van der Waals surface area contributed by atoms with Gasteiger partial charge in [0, 0.05) is 0 Å². The highest BCUT2D eigenvalue weighted by molar-refractivity contribution is 7.91. The second-order valence-corrected chi connectivity index (χ2v) is 8.69. The van der Waals surface area contributed by atoms with Gasteiger partial charge in [-0.2, -0.15) is 8.42 Å². The van der Waals surface area contributed by atoms with Gasteiger partial charge in [-0.15, -0.1) is 0 Å². The van der Waals surface area contributed by atoms with Crippen LogP contribution in [-0.4, -0.2) is 24.6 Å². The van der Waals surface area contributed by atoms with E-state index in [2.05, 4.69) is 0 Å². The number of aliphatic carboxylic acids is 1. The number of nitrogens with one attached hydrogen (secondary N) is 1. The molecule has 3 aromatic carbocycles. The first kappa shape index (κ1) is 21.3. The molecule has 0 aromatic heterocycles. The average molecular weight is 452 g/mol. The smallest absolute Gasteiger partial charge is 0.330 e. The summed E-state index contributed by atoms with van der Waals surface area (Å²) in [5.74, 6) is -1.10. The monoisotopic (exact) mass is 452 g/mol. The van der Waals surface area contributed by atoms with E-state index in [-0.39, 0.29) is 18.7 Å². The number of hydrogen-bond donors (Lipinski definition) is 3. The molecule has 0 amide bonds. The lowest BCUT2D eigenvalue weighted by atomic mass is 10.0. The minimum absolute atomic E-state index is 0.0838. The Morgan fingerprint density at radius 3 is 2.25 bits per heavy atom. The SMILES string of the molecule is O=C(O)Cc1ccc(-c2ccc(OCc3ccccc3)c(N3C=C(O)NS3(=O)=O)c2)cc1. The number of hydrogen-bond acceptors (Lipinski definition) is 5. The Kier molecular flexibility index (Phi) is 5.74. The fourth-order valence-electron chi connectivity index (χ4n) is 3.30. The van der Waals surface area contributed by atoms with Crippen molar-refractivity contribution < 1.29 is 28.2 Å². The molecule has 0 unspecified atom stereocenters.